The fourth-order valence-electron chi connectivity index (χ4n) is 4.01. The molecule has 1 saturated carbocycles. The van der Waals surface area contributed by atoms with Crippen molar-refractivity contribution in [3.63, 3.8) is 0 Å². The number of fused-ring (bicyclic) bond motifs is 1. The third-order valence-corrected chi connectivity index (χ3v) is 5.17. The van der Waals surface area contributed by atoms with Crippen molar-refractivity contribution in [1.82, 2.24) is 0 Å². The molecule has 3 nitrogen and oxygen atoms in total. The van der Waals surface area contributed by atoms with Crippen molar-refractivity contribution in [2.75, 3.05) is 13.2 Å². The molecule has 2 aliphatic rings. The Bertz CT molecular complexity index is 769. The number of benzene rings is 2. The van der Waals surface area contributed by atoms with Gasteiger partial charge in [0.25, 0.3) is 0 Å². The van der Waals surface area contributed by atoms with Crippen molar-refractivity contribution < 1.29 is 9.53 Å². The molecule has 0 spiro atoms. The minimum atomic E-state index is -0.619. The van der Waals surface area contributed by atoms with Crippen LogP contribution in [0.25, 0.3) is 0 Å². The van der Waals surface area contributed by atoms with Gasteiger partial charge in [-0.05, 0) is 24.5 Å². The van der Waals surface area contributed by atoms with Crippen LogP contribution in [0.5, 0.6) is 0 Å². The average molecular weight is 305 g/mol. The summed E-state index contributed by atoms with van der Waals surface area (Å²) >= 11 is 0. The molecule has 0 radical (unpaired) electrons. The molecule has 4 rings (SSSR count). The number of nitrogens with zero attached hydrogens (tertiary/aromatic N) is 1. The number of carbonyl (C=O) groups is 1. The van der Waals surface area contributed by atoms with E-state index in [0.29, 0.717) is 13.2 Å². The zero-order chi connectivity index (χ0) is 15.9. The van der Waals surface area contributed by atoms with E-state index in [0.717, 1.165) is 17.7 Å². The highest BCUT2D eigenvalue weighted by Gasteiger charge is 2.78. The Morgan fingerprint density at radius 3 is 2.39 bits per heavy atom. The lowest BCUT2D eigenvalue weighted by Crippen LogP contribution is -2.33. The molecule has 0 aromatic heterocycles. The SMILES string of the molecule is CCOC(=O)[C@@]12C[C@]1(c1ccccc1)CN=C2c1ccccc1. The van der Waals surface area contributed by atoms with Gasteiger partial charge in [-0.2, -0.15) is 0 Å². The monoisotopic (exact) mass is 305 g/mol. The smallest absolute Gasteiger partial charge is 0.319 e. The standard InChI is InChI=1S/C20H19NO2/c1-2-23-18(22)20-13-19(20,16-11-7-4-8-12-16)14-21-17(20)15-9-5-3-6-10-15/h3-12H,2,13-14H2,1H3/t19-,20+/m1/s1. The van der Waals surface area contributed by atoms with Gasteiger partial charge in [0.1, 0.15) is 5.41 Å². The molecule has 1 aliphatic heterocycles. The first-order valence-electron chi connectivity index (χ1n) is 8.08. The van der Waals surface area contributed by atoms with Gasteiger partial charge >= 0.3 is 5.97 Å². The van der Waals surface area contributed by atoms with Gasteiger partial charge < -0.3 is 4.74 Å². The van der Waals surface area contributed by atoms with Gasteiger partial charge in [-0.25, -0.2) is 0 Å². The Labute approximate surface area is 136 Å². The third kappa shape index (κ3) is 1.83. The first kappa shape index (κ1) is 14.2. The van der Waals surface area contributed by atoms with Gasteiger partial charge in [-0.1, -0.05) is 60.7 Å². The van der Waals surface area contributed by atoms with Crippen molar-refractivity contribution >= 4 is 11.7 Å². The minimum Gasteiger partial charge on any atom is -0.465 e. The lowest BCUT2D eigenvalue weighted by Gasteiger charge is -2.19. The Hall–Kier alpha value is -2.42. The second-order valence-electron chi connectivity index (χ2n) is 6.28. The second-order valence-corrected chi connectivity index (χ2v) is 6.28. The molecule has 0 amide bonds. The number of hydrogen-bond acceptors (Lipinski definition) is 3. The molecule has 2 atom stereocenters. The summed E-state index contributed by atoms with van der Waals surface area (Å²) in [5.41, 5.74) is 2.25. The summed E-state index contributed by atoms with van der Waals surface area (Å²) in [6.07, 6.45) is 0.788. The molecular weight excluding hydrogens is 286 g/mol. The van der Waals surface area contributed by atoms with Crippen LogP contribution in [0.3, 0.4) is 0 Å². The van der Waals surface area contributed by atoms with E-state index in [-0.39, 0.29) is 11.4 Å². The average Bonchev–Trinajstić information content (AvgIpc) is 3.18. The number of hydrogen-bond donors (Lipinski definition) is 0. The van der Waals surface area contributed by atoms with Crippen molar-refractivity contribution in [1.29, 1.82) is 0 Å². The summed E-state index contributed by atoms with van der Waals surface area (Å²) in [7, 11) is 0. The minimum absolute atomic E-state index is 0.135. The summed E-state index contributed by atoms with van der Waals surface area (Å²) in [6.45, 7) is 2.91. The van der Waals surface area contributed by atoms with E-state index in [2.05, 4.69) is 12.1 Å². The highest BCUT2D eigenvalue weighted by Crippen LogP contribution is 2.69. The van der Waals surface area contributed by atoms with Crippen LogP contribution in [-0.4, -0.2) is 24.8 Å². The molecule has 2 aromatic rings. The summed E-state index contributed by atoms with van der Waals surface area (Å²) < 4.78 is 5.45. The van der Waals surface area contributed by atoms with Gasteiger partial charge in [-0.3, -0.25) is 9.79 Å². The Morgan fingerprint density at radius 2 is 1.74 bits per heavy atom. The van der Waals surface area contributed by atoms with E-state index >= 15 is 0 Å². The van der Waals surface area contributed by atoms with Gasteiger partial charge in [-0.15, -0.1) is 0 Å². The van der Waals surface area contributed by atoms with E-state index < -0.39 is 5.41 Å². The summed E-state index contributed by atoms with van der Waals surface area (Å²) in [5.74, 6) is -0.135. The van der Waals surface area contributed by atoms with Gasteiger partial charge in [0.15, 0.2) is 0 Å². The lowest BCUT2D eigenvalue weighted by molar-refractivity contribution is -0.147. The highest BCUT2D eigenvalue weighted by molar-refractivity contribution is 6.21. The molecule has 1 aliphatic carbocycles. The highest BCUT2D eigenvalue weighted by atomic mass is 16.5. The third-order valence-electron chi connectivity index (χ3n) is 5.17. The number of carbonyl (C=O) groups excluding carboxylic acids is 1. The van der Waals surface area contributed by atoms with Crippen LogP contribution >= 0.6 is 0 Å². The van der Waals surface area contributed by atoms with Crippen LogP contribution in [-0.2, 0) is 14.9 Å². The second kappa shape index (κ2) is 5.05. The molecule has 116 valence electrons. The van der Waals surface area contributed by atoms with E-state index in [1.807, 2.05) is 55.5 Å². The maximum absolute atomic E-state index is 12.9. The van der Waals surface area contributed by atoms with Crippen molar-refractivity contribution in [3.8, 4) is 0 Å². The van der Waals surface area contributed by atoms with Gasteiger partial charge in [0.05, 0.1) is 18.9 Å². The molecule has 1 heterocycles. The van der Waals surface area contributed by atoms with Crippen molar-refractivity contribution in [3.05, 3.63) is 71.8 Å². The molecule has 0 N–H and O–H groups in total. The van der Waals surface area contributed by atoms with Crippen molar-refractivity contribution in [2.24, 2.45) is 10.4 Å². The maximum Gasteiger partial charge on any atom is 0.319 e. The maximum atomic E-state index is 12.9. The van der Waals surface area contributed by atoms with Crippen LogP contribution in [0.15, 0.2) is 65.7 Å². The van der Waals surface area contributed by atoms with Crippen LogP contribution in [0, 0.1) is 5.41 Å². The van der Waals surface area contributed by atoms with Gasteiger partial charge in [0, 0.05) is 5.41 Å². The normalized spacial score (nSPS) is 28.0. The predicted molar refractivity (Wildman–Crippen MR) is 89.6 cm³/mol. The van der Waals surface area contributed by atoms with Crippen molar-refractivity contribution in [2.45, 2.75) is 18.8 Å². The van der Waals surface area contributed by atoms with E-state index in [4.69, 9.17) is 9.73 Å². The predicted octanol–water partition coefficient (Wildman–Crippen LogP) is 3.38. The van der Waals surface area contributed by atoms with Crippen LogP contribution in [0.4, 0.5) is 0 Å². The summed E-state index contributed by atoms with van der Waals surface area (Å²) in [6, 6.07) is 20.3. The van der Waals surface area contributed by atoms with E-state index in [9.17, 15) is 4.79 Å². The molecule has 2 aromatic carbocycles. The zero-order valence-electron chi connectivity index (χ0n) is 13.2. The summed E-state index contributed by atoms with van der Waals surface area (Å²) in [5, 5.41) is 0. The first-order chi connectivity index (χ1) is 11.2. The zero-order valence-corrected chi connectivity index (χ0v) is 13.2. The molecule has 1 fully saturated rings. The Kier molecular flexibility index (Phi) is 3.12. The topological polar surface area (TPSA) is 38.7 Å². The molecule has 0 unspecified atom stereocenters. The van der Waals surface area contributed by atoms with E-state index in [1.54, 1.807) is 0 Å². The van der Waals surface area contributed by atoms with Crippen LogP contribution in [0.1, 0.15) is 24.5 Å². The van der Waals surface area contributed by atoms with E-state index in [1.165, 1.54) is 5.56 Å². The molecule has 23 heavy (non-hydrogen) atoms. The Morgan fingerprint density at radius 1 is 1.09 bits per heavy atom. The molecule has 0 saturated heterocycles. The van der Waals surface area contributed by atoms with Crippen LogP contribution < -0.4 is 0 Å². The van der Waals surface area contributed by atoms with Gasteiger partial charge in [0.2, 0.25) is 0 Å². The number of rotatable bonds is 4. The van der Waals surface area contributed by atoms with Crippen LogP contribution in [0.2, 0.25) is 0 Å². The Balaban J connectivity index is 1.81. The fraction of sp³-hybridized carbons (Fsp3) is 0.300. The number of aliphatic imine (C=N–C) groups is 1. The largest absolute Gasteiger partial charge is 0.465 e. The first-order valence-corrected chi connectivity index (χ1v) is 8.08. The lowest BCUT2D eigenvalue weighted by atomic mass is 9.83. The fourth-order valence-corrected chi connectivity index (χ4v) is 4.01. The molecule has 3 heteroatoms. The molecular formula is C20H19NO2. The summed E-state index contributed by atoms with van der Waals surface area (Å²) in [4.78, 5) is 17.6. The quantitative estimate of drug-likeness (QED) is 0.812. The number of esters is 1. The molecule has 0 bridgehead atoms. The number of ether oxygens (including phenoxy) is 1.